The number of rotatable bonds is 2. The monoisotopic (exact) mass is 291 g/mol. The first-order valence-electron chi connectivity index (χ1n) is 2.63. The zero-order chi connectivity index (χ0) is 6.62. The van der Waals surface area contributed by atoms with Gasteiger partial charge in [-0.25, -0.2) is 0 Å². The van der Waals surface area contributed by atoms with Crippen LogP contribution in [0.1, 0.15) is 26.2 Å². The number of unbranched alkanes of at least 4 members (excludes halogenated alkanes) is 1. The van der Waals surface area contributed by atoms with Crippen molar-refractivity contribution in [2.24, 2.45) is 0 Å². The van der Waals surface area contributed by atoms with Crippen molar-refractivity contribution >= 4 is 0 Å². The van der Waals surface area contributed by atoms with Crippen LogP contribution in [0.3, 0.4) is 0 Å². The van der Waals surface area contributed by atoms with Crippen LogP contribution in [0, 0.1) is 37.7 Å². The van der Waals surface area contributed by atoms with Gasteiger partial charge in [-0.05, 0) is 6.42 Å². The van der Waals surface area contributed by atoms with E-state index >= 15 is 0 Å². The minimum absolute atomic E-state index is 0. The van der Waals surface area contributed by atoms with Gasteiger partial charge < -0.3 is 0 Å². The van der Waals surface area contributed by atoms with Gasteiger partial charge in [-0.1, -0.05) is 13.3 Å². The topological polar surface area (TPSA) is 0 Å². The Labute approximate surface area is 82.8 Å². The molecule has 0 aromatic rings. The Morgan fingerprint density at radius 1 is 1.22 bits per heavy atom. The van der Waals surface area contributed by atoms with Crippen LogP contribution in [0.5, 0.6) is 0 Å². The van der Waals surface area contributed by atoms with Crippen LogP contribution >= 0.6 is 0 Å². The number of hydrogen-bond acceptors (Lipinski definition) is 0. The maximum absolute atomic E-state index is 11.2. The summed E-state index contributed by atoms with van der Waals surface area (Å²) in [6.07, 6.45) is -3.72. The fourth-order valence-corrected chi connectivity index (χ4v) is 0.377. The average Bonchev–Trinajstić information content (AvgIpc) is 1.59. The molecule has 0 heterocycles. The fraction of sp³-hybridized carbons (Fsp3) is 1.00. The first kappa shape index (κ1) is 12.7. The molecule has 4 heteroatoms. The van der Waals surface area contributed by atoms with Crippen LogP contribution in [0.4, 0.5) is 13.2 Å². The van der Waals surface area contributed by atoms with Crippen LogP contribution < -0.4 is 0 Å². The predicted octanol–water partition coefficient (Wildman–Crippen LogP) is 2.74. The summed E-state index contributed by atoms with van der Waals surface area (Å²) >= 11 is 0. The van der Waals surface area contributed by atoms with E-state index in [4.69, 9.17) is 0 Å². The minimum Gasteiger partial charge on any atom is -0.171 e. The molecule has 1 radical (unpaired) electrons. The molecule has 0 aromatic carbocycles. The molecular formula is C5H9F3Ho. The van der Waals surface area contributed by atoms with E-state index < -0.39 is 12.6 Å². The van der Waals surface area contributed by atoms with E-state index in [1.165, 1.54) is 0 Å². The van der Waals surface area contributed by atoms with Gasteiger partial charge in [-0.2, -0.15) is 13.2 Å². The third kappa shape index (κ3) is 12.3. The predicted molar refractivity (Wildman–Crippen MR) is 25.6 cm³/mol. The molecule has 0 nitrogen and oxygen atoms in total. The van der Waals surface area contributed by atoms with Crippen LogP contribution in [-0.4, -0.2) is 6.18 Å². The Morgan fingerprint density at radius 2 is 1.67 bits per heavy atom. The molecule has 0 aliphatic heterocycles. The average molecular weight is 291 g/mol. The molecule has 61 valence electrons. The van der Waals surface area contributed by atoms with E-state index in [1.807, 2.05) is 0 Å². The van der Waals surface area contributed by atoms with Gasteiger partial charge in [-0.15, -0.1) is 0 Å². The van der Waals surface area contributed by atoms with E-state index in [2.05, 4.69) is 0 Å². The molecule has 0 amide bonds. The van der Waals surface area contributed by atoms with E-state index in [9.17, 15) is 13.2 Å². The summed E-state index contributed by atoms with van der Waals surface area (Å²) in [6, 6.07) is 0. The SMILES string of the molecule is CCCCC(F)(F)F.[Ho]. The summed E-state index contributed by atoms with van der Waals surface area (Å²) in [5.41, 5.74) is 0. The molecule has 0 rings (SSSR count). The third-order valence-corrected chi connectivity index (χ3v) is 0.814. The van der Waals surface area contributed by atoms with Crippen molar-refractivity contribution in [1.82, 2.24) is 0 Å². The molecule has 0 unspecified atom stereocenters. The Bertz CT molecular complexity index is 59.7. The van der Waals surface area contributed by atoms with Crippen molar-refractivity contribution in [1.29, 1.82) is 0 Å². The number of hydrogen-bond donors (Lipinski definition) is 0. The van der Waals surface area contributed by atoms with Gasteiger partial charge in [0.25, 0.3) is 0 Å². The maximum Gasteiger partial charge on any atom is 0.389 e. The molecule has 9 heavy (non-hydrogen) atoms. The summed E-state index contributed by atoms with van der Waals surface area (Å²) in [5.74, 6) is 0. The molecule has 0 spiro atoms. The van der Waals surface area contributed by atoms with Gasteiger partial charge in [0.2, 0.25) is 0 Å². The summed E-state index contributed by atoms with van der Waals surface area (Å²) in [5, 5.41) is 0. The van der Waals surface area contributed by atoms with Gasteiger partial charge >= 0.3 is 6.18 Å². The summed E-state index contributed by atoms with van der Waals surface area (Å²) in [6.45, 7) is 1.74. The van der Waals surface area contributed by atoms with Crippen LogP contribution in [0.2, 0.25) is 0 Å². The normalized spacial score (nSPS) is 10.7. The minimum atomic E-state index is -3.95. The summed E-state index contributed by atoms with van der Waals surface area (Å²) in [4.78, 5) is 0. The molecule has 0 aromatic heterocycles. The van der Waals surface area contributed by atoms with Crippen molar-refractivity contribution in [3.8, 4) is 0 Å². The molecule has 0 saturated heterocycles. The molecule has 0 aliphatic carbocycles. The quantitative estimate of drug-likeness (QED) is 0.686. The van der Waals surface area contributed by atoms with Crippen molar-refractivity contribution in [2.45, 2.75) is 32.4 Å². The molecular weight excluding hydrogens is 282 g/mol. The standard InChI is InChI=1S/C5H9F3.Ho/c1-2-3-4-5(6,7)8;/h2-4H2,1H3;. The molecule has 0 fully saturated rings. The van der Waals surface area contributed by atoms with Gasteiger partial charge in [-0.3, -0.25) is 0 Å². The van der Waals surface area contributed by atoms with E-state index in [1.54, 1.807) is 6.92 Å². The molecule has 0 atom stereocenters. The smallest absolute Gasteiger partial charge is 0.171 e. The van der Waals surface area contributed by atoms with Gasteiger partial charge in [0.1, 0.15) is 0 Å². The Balaban J connectivity index is 0. The van der Waals surface area contributed by atoms with Crippen molar-refractivity contribution in [3.63, 3.8) is 0 Å². The summed E-state index contributed by atoms with van der Waals surface area (Å²) in [7, 11) is 0. The second-order valence-corrected chi connectivity index (χ2v) is 1.72. The van der Waals surface area contributed by atoms with Crippen LogP contribution in [-0.2, 0) is 0 Å². The molecule has 0 aliphatic rings. The molecule has 0 saturated carbocycles. The first-order valence-corrected chi connectivity index (χ1v) is 2.63. The van der Waals surface area contributed by atoms with Crippen molar-refractivity contribution in [2.75, 3.05) is 0 Å². The third-order valence-electron chi connectivity index (χ3n) is 0.814. The zero-order valence-electron chi connectivity index (χ0n) is 5.06. The Hall–Kier alpha value is 1.05. The van der Waals surface area contributed by atoms with Crippen molar-refractivity contribution in [3.05, 3.63) is 0 Å². The van der Waals surface area contributed by atoms with Gasteiger partial charge in [0.05, 0.1) is 0 Å². The van der Waals surface area contributed by atoms with E-state index in [-0.39, 0.29) is 44.2 Å². The van der Waals surface area contributed by atoms with E-state index in [0.717, 1.165) is 0 Å². The van der Waals surface area contributed by atoms with Crippen LogP contribution in [0.15, 0.2) is 0 Å². The number of alkyl halides is 3. The van der Waals surface area contributed by atoms with E-state index in [0.29, 0.717) is 6.42 Å². The zero-order valence-corrected chi connectivity index (χ0v) is 6.99. The molecule has 0 bridgehead atoms. The fourth-order valence-electron chi connectivity index (χ4n) is 0.377. The van der Waals surface area contributed by atoms with Gasteiger partial charge in [0.15, 0.2) is 0 Å². The Morgan fingerprint density at radius 3 is 1.78 bits per heavy atom. The Kier molecular flexibility index (Phi) is 8.19. The maximum atomic E-state index is 11.2. The van der Waals surface area contributed by atoms with Gasteiger partial charge in [0, 0.05) is 44.2 Å². The largest absolute Gasteiger partial charge is 0.389 e. The second-order valence-electron chi connectivity index (χ2n) is 1.72. The second kappa shape index (κ2) is 5.81. The van der Waals surface area contributed by atoms with Crippen molar-refractivity contribution < 1.29 is 50.9 Å². The number of halogens is 3. The summed E-state index contributed by atoms with van der Waals surface area (Å²) < 4.78 is 33.7. The first-order chi connectivity index (χ1) is 3.56. The molecule has 0 N–H and O–H groups in total. The van der Waals surface area contributed by atoms with Crippen LogP contribution in [0.25, 0.3) is 0 Å².